The van der Waals surface area contributed by atoms with Crippen LogP contribution in [0.2, 0.25) is 0 Å². The van der Waals surface area contributed by atoms with E-state index in [9.17, 15) is 4.79 Å². The molecule has 0 atom stereocenters. The molecule has 16 heavy (non-hydrogen) atoms. The maximum Gasteiger partial charge on any atom is 0.259 e. The molecule has 0 bridgehead atoms. The van der Waals surface area contributed by atoms with Crippen LogP contribution in [0.5, 0.6) is 0 Å². The average molecular weight is 232 g/mol. The zero-order chi connectivity index (χ0) is 11.4. The van der Waals surface area contributed by atoms with Gasteiger partial charge in [-0.3, -0.25) is 4.79 Å². The van der Waals surface area contributed by atoms with Crippen molar-refractivity contribution in [1.82, 2.24) is 9.88 Å². The van der Waals surface area contributed by atoms with Crippen LogP contribution in [0, 0.1) is 12.3 Å². The number of pyridine rings is 1. The molecule has 2 rings (SSSR count). The van der Waals surface area contributed by atoms with Crippen molar-refractivity contribution < 1.29 is 0 Å². The second kappa shape index (κ2) is 4.97. The molecule has 2 aromatic rings. The van der Waals surface area contributed by atoms with E-state index in [2.05, 4.69) is 11.2 Å². The van der Waals surface area contributed by atoms with E-state index < -0.39 is 0 Å². The molecule has 0 aliphatic heterocycles. The van der Waals surface area contributed by atoms with Crippen molar-refractivity contribution >= 4 is 21.4 Å². The molecule has 0 radical (unpaired) electrons. The van der Waals surface area contributed by atoms with Gasteiger partial charge in [0.25, 0.3) is 5.56 Å². The number of terminal acetylenes is 1. The van der Waals surface area contributed by atoms with Gasteiger partial charge in [0.05, 0.1) is 11.9 Å². The monoisotopic (exact) mass is 232 g/mol. The van der Waals surface area contributed by atoms with Gasteiger partial charge in [0, 0.05) is 24.0 Å². The highest BCUT2D eigenvalue weighted by Crippen LogP contribution is 2.15. The van der Waals surface area contributed by atoms with Crippen LogP contribution in [-0.2, 0) is 6.54 Å². The highest BCUT2D eigenvalue weighted by molar-refractivity contribution is 7.17. The van der Waals surface area contributed by atoms with E-state index >= 15 is 0 Å². The highest BCUT2D eigenvalue weighted by atomic mass is 32.1. The molecule has 1 N–H and O–H groups in total. The van der Waals surface area contributed by atoms with Crippen LogP contribution < -0.4 is 10.9 Å². The van der Waals surface area contributed by atoms with Gasteiger partial charge < -0.3 is 9.88 Å². The van der Waals surface area contributed by atoms with Gasteiger partial charge in [0.2, 0.25) is 0 Å². The third-order valence-electron chi connectivity index (χ3n) is 2.35. The fourth-order valence-corrected chi connectivity index (χ4v) is 2.32. The molecule has 0 saturated carbocycles. The van der Waals surface area contributed by atoms with E-state index in [0.29, 0.717) is 19.6 Å². The number of fused-ring (bicyclic) bond motifs is 1. The van der Waals surface area contributed by atoms with Gasteiger partial charge in [-0.25, -0.2) is 0 Å². The zero-order valence-corrected chi connectivity index (χ0v) is 9.59. The first kappa shape index (κ1) is 10.9. The molecule has 0 amide bonds. The molecule has 0 aliphatic carbocycles. The summed E-state index contributed by atoms with van der Waals surface area (Å²) in [5.41, 5.74) is 0.0706. The summed E-state index contributed by atoms with van der Waals surface area (Å²) in [7, 11) is 0. The summed E-state index contributed by atoms with van der Waals surface area (Å²) < 4.78 is 2.75. The van der Waals surface area contributed by atoms with Crippen molar-refractivity contribution in [3.63, 3.8) is 0 Å². The number of nitrogens with zero attached hydrogens (tertiary/aromatic N) is 1. The largest absolute Gasteiger partial charge is 0.314 e. The maximum atomic E-state index is 12.0. The molecule has 0 spiro atoms. The second-order valence-electron chi connectivity index (χ2n) is 3.39. The van der Waals surface area contributed by atoms with Crippen molar-refractivity contribution in [2.45, 2.75) is 6.54 Å². The van der Waals surface area contributed by atoms with Crippen LogP contribution in [-0.4, -0.2) is 17.7 Å². The minimum absolute atomic E-state index is 0.0706. The Bertz CT molecular complexity index is 576. The lowest BCUT2D eigenvalue weighted by atomic mass is 10.3. The van der Waals surface area contributed by atoms with E-state index in [1.54, 1.807) is 15.9 Å². The average Bonchev–Trinajstić information content (AvgIpc) is 2.76. The molecule has 0 saturated heterocycles. The molecule has 82 valence electrons. The fourth-order valence-electron chi connectivity index (χ4n) is 1.54. The molecule has 3 nitrogen and oxygen atoms in total. The van der Waals surface area contributed by atoms with E-state index in [0.717, 1.165) is 10.1 Å². The van der Waals surface area contributed by atoms with Crippen LogP contribution in [0.4, 0.5) is 0 Å². The topological polar surface area (TPSA) is 34.0 Å². The van der Waals surface area contributed by atoms with Crippen molar-refractivity contribution in [2.75, 3.05) is 13.1 Å². The zero-order valence-electron chi connectivity index (χ0n) is 8.77. The Morgan fingerprint density at radius 1 is 1.50 bits per heavy atom. The first-order valence-corrected chi connectivity index (χ1v) is 5.91. The van der Waals surface area contributed by atoms with Gasteiger partial charge >= 0.3 is 0 Å². The molecular weight excluding hydrogens is 220 g/mol. The van der Waals surface area contributed by atoms with Crippen LogP contribution >= 0.6 is 11.3 Å². The van der Waals surface area contributed by atoms with Gasteiger partial charge in [0.15, 0.2) is 0 Å². The standard InChI is InChI=1S/C12H12N2OS/c1-2-5-13-6-8-14-7-3-11-10(12(14)15)4-9-16-11/h1,3-4,7,9,13H,5-6,8H2. The summed E-state index contributed by atoms with van der Waals surface area (Å²) in [6, 6.07) is 3.84. The highest BCUT2D eigenvalue weighted by Gasteiger charge is 2.02. The van der Waals surface area contributed by atoms with Crippen LogP contribution in [0.25, 0.3) is 10.1 Å². The number of hydrogen-bond donors (Lipinski definition) is 1. The summed E-state index contributed by atoms with van der Waals surface area (Å²) in [6.45, 7) is 1.89. The molecule has 0 aromatic carbocycles. The van der Waals surface area contributed by atoms with Gasteiger partial charge in [-0.2, -0.15) is 0 Å². The number of thiophene rings is 1. The van der Waals surface area contributed by atoms with Crippen molar-refractivity contribution in [3.8, 4) is 12.3 Å². The molecule has 0 fully saturated rings. The second-order valence-corrected chi connectivity index (χ2v) is 4.34. The first-order chi connectivity index (χ1) is 7.83. The normalized spacial score (nSPS) is 10.4. The quantitative estimate of drug-likeness (QED) is 0.636. The van der Waals surface area contributed by atoms with Crippen LogP contribution in [0.3, 0.4) is 0 Å². The summed E-state index contributed by atoms with van der Waals surface area (Å²) in [4.78, 5) is 12.0. The van der Waals surface area contributed by atoms with E-state index in [1.165, 1.54) is 0 Å². The van der Waals surface area contributed by atoms with Crippen LogP contribution in [0.1, 0.15) is 0 Å². The van der Waals surface area contributed by atoms with Gasteiger partial charge in [0.1, 0.15) is 0 Å². The van der Waals surface area contributed by atoms with E-state index in [1.807, 2.05) is 23.7 Å². The molecule has 2 heterocycles. The van der Waals surface area contributed by atoms with Crippen molar-refractivity contribution in [3.05, 3.63) is 34.1 Å². The smallest absolute Gasteiger partial charge is 0.259 e. The number of aromatic nitrogens is 1. The van der Waals surface area contributed by atoms with E-state index in [4.69, 9.17) is 6.42 Å². The summed E-state index contributed by atoms with van der Waals surface area (Å²) in [5, 5.41) is 5.79. The Hall–Kier alpha value is -1.57. The maximum absolute atomic E-state index is 12.0. The minimum atomic E-state index is 0.0706. The summed E-state index contributed by atoms with van der Waals surface area (Å²) >= 11 is 1.59. The van der Waals surface area contributed by atoms with Gasteiger partial charge in [-0.15, -0.1) is 17.8 Å². The molecule has 0 unspecified atom stereocenters. The lowest BCUT2D eigenvalue weighted by molar-refractivity contribution is 0.616. The van der Waals surface area contributed by atoms with Gasteiger partial charge in [-0.1, -0.05) is 5.92 Å². The van der Waals surface area contributed by atoms with Crippen molar-refractivity contribution in [2.24, 2.45) is 0 Å². The third kappa shape index (κ3) is 2.16. The SMILES string of the molecule is C#CCNCCn1ccc2sccc2c1=O. The molecule has 4 heteroatoms. The van der Waals surface area contributed by atoms with Crippen LogP contribution in [0.15, 0.2) is 28.5 Å². The Kier molecular flexibility index (Phi) is 3.40. The molecule has 2 aromatic heterocycles. The Labute approximate surface area is 97.7 Å². The predicted octanol–water partition coefficient (Wildman–Crippen LogP) is 1.29. The lowest BCUT2D eigenvalue weighted by Crippen LogP contribution is -2.26. The van der Waals surface area contributed by atoms with Gasteiger partial charge in [-0.05, 0) is 17.5 Å². The third-order valence-corrected chi connectivity index (χ3v) is 3.23. The Morgan fingerprint density at radius 2 is 2.38 bits per heavy atom. The summed E-state index contributed by atoms with van der Waals surface area (Å²) in [5.74, 6) is 2.50. The number of hydrogen-bond acceptors (Lipinski definition) is 3. The Morgan fingerprint density at radius 3 is 3.19 bits per heavy atom. The lowest BCUT2D eigenvalue weighted by Gasteiger charge is -2.05. The molecule has 0 aliphatic rings. The first-order valence-electron chi connectivity index (χ1n) is 5.04. The minimum Gasteiger partial charge on any atom is -0.314 e. The number of nitrogens with one attached hydrogen (secondary N) is 1. The predicted molar refractivity (Wildman–Crippen MR) is 67.8 cm³/mol. The molecular formula is C12H12N2OS. The van der Waals surface area contributed by atoms with E-state index in [-0.39, 0.29) is 5.56 Å². The summed E-state index contributed by atoms with van der Waals surface area (Å²) in [6.07, 6.45) is 6.95. The Balaban J connectivity index is 2.16. The van der Waals surface area contributed by atoms with Crippen molar-refractivity contribution in [1.29, 1.82) is 0 Å². The fraction of sp³-hybridized carbons (Fsp3) is 0.250. The number of rotatable bonds is 4.